The predicted molar refractivity (Wildman–Crippen MR) is 231 cm³/mol. The lowest BCUT2D eigenvalue weighted by Gasteiger charge is -2.18. The van der Waals surface area contributed by atoms with Crippen LogP contribution in [-0.4, -0.2) is 64.9 Å². The lowest BCUT2D eigenvalue weighted by Crippen LogP contribution is -2.43. The standard InChI is InChI=1S/C45H76NO10P/c1-3-5-7-9-11-13-15-17-19-21-22-24-26-28-30-32-34-36-43(48)46-42(45(50)51)40-56-57(52,53)55-39-41(47)38-54-44(49)37-35-33-31-29-27-25-23-20-18-16-14-12-10-8-6-4-2/h11,13-14,16-17,19-20,22-24,28,30,41-42,47H,3-10,12,15,18,21,25-27,29,31-40H2,1-2H3,(H,46,48)(H,50,51)(H,52,53)/b13-11-,16-14-,19-17-,23-20-,24-22-,30-28-. The molecule has 0 aromatic heterocycles. The minimum atomic E-state index is -4.78. The van der Waals surface area contributed by atoms with Crippen LogP contribution < -0.4 is 5.32 Å². The van der Waals surface area contributed by atoms with Crippen molar-refractivity contribution < 1.29 is 47.8 Å². The van der Waals surface area contributed by atoms with Gasteiger partial charge < -0.3 is 25.2 Å². The predicted octanol–water partition coefficient (Wildman–Crippen LogP) is 10.9. The third-order valence-electron chi connectivity index (χ3n) is 8.72. The molecule has 0 rings (SSSR count). The number of aliphatic hydroxyl groups is 1. The number of carbonyl (C=O) groups excluding carboxylic acids is 2. The molecule has 0 saturated heterocycles. The Balaban J connectivity index is 4.03. The first-order valence-corrected chi connectivity index (χ1v) is 23.0. The third-order valence-corrected chi connectivity index (χ3v) is 9.67. The van der Waals surface area contributed by atoms with E-state index in [1.807, 2.05) is 12.2 Å². The van der Waals surface area contributed by atoms with E-state index in [0.29, 0.717) is 19.3 Å². The van der Waals surface area contributed by atoms with Gasteiger partial charge in [-0.2, -0.15) is 0 Å². The fourth-order valence-corrected chi connectivity index (χ4v) is 6.11. The van der Waals surface area contributed by atoms with E-state index in [2.05, 4.69) is 79.9 Å². The van der Waals surface area contributed by atoms with E-state index >= 15 is 0 Å². The molecule has 0 aliphatic carbocycles. The minimum absolute atomic E-state index is 0.0651. The van der Waals surface area contributed by atoms with E-state index in [0.717, 1.165) is 70.6 Å². The van der Waals surface area contributed by atoms with Crippen LogP contribution in [0.1, 0.15) is 162 Å². The summed E-state index contributed by atoms with van der Waals surface area (Å²) in [4.78, 5) is 45.8. The average molecular weight is 822 g/mol. The van der Waals surface area contributed by atoms with Crippen molar-refractivity contribution in [1.29, 1.82) is 0 Å². The van der Waals surface area contributed by atoms with Crippen molar-refractivity contribution in [1.82, 2.24) is 5.32 Å². The molecule has 11 nitrogen and oxygen atoms in total. The Labute approximate surface area is 344 Å². The number of phosphoric ester groups is 1. The summed E-state index contributed by atoms with van der Waals surface area (Å²) in [5.41, 5.74) is 0. The van der Waals surface area contributed by atoms with E-state index in [9.17, 15) is 34.1 Å². The SMILES string of the molecule is CCCCC/C=C\C/C=C\C/C=C\C/C=C\CCCC(=O)NC(COP(=O)(O)OCC(O)COC(=O)CCCCCCC/C=C\C/C=C\CCCCCC)C(=O)O. The Kier molecular flexibility index (Phi) is 37.6. The van der Waals surface area contributed by atoms with E-state index < -0.39 is 57.6 Å². The van der Waals surface area contributed by atoms with Crippen LogP contribution in [0.5, 0.6) is 0 Å². The second-order valence-electron chi connectivity index (χ2n) is 14.2. The zero-order valence-corrected chi connectivity index (χ0v) is 36.0. The number of carboxylic acids is 1. The third kappa shape index (κ3) is 39.5. The summed E-state index contributed by atoms with van der Waals surface area (Å²) in [5.74, 6) is -2.48. The number of rotatable bonds is 39. The van der Waals surface area contributed by atoms with Crippen molar-refractivity contribution >= 4 is 25.7 Å². The summed E-state index contributed by atoms with van der Waals surface area (Å²) in [6.07, 6.45) is 46.5. The van der Waals surface area contributed by atoms with Crippen LogP contribution in [0.15, 0.2) is 72.9 Å². The van der Waals surface area contributed by atoms with Crippen LogP contribution in [0.25, 0.3) is 0 Å². The first-order chi connectivity index (χ1) is 27.6. The maximum atomic E-state index is 12.3. The van der Waals surface area contributed by atoms with E-state index in [1.165, 1.54) is 44.9 Å². The van der Waals surface area contributed by atoms with Gasteiger partial charge in [-0.1, -0.05) is 138 Å². The topological polar surface area (TPSA) is 169 Å². The molecule has 0 aromatic rings. The van der Waals surface area contributed by atoms with Gasteiger partial charge >= 0.3 is 19.8 Å². The molecule has 0 spiro atoms. The molecule has 326 valence electrons. The van der Waals surface area contributed by atoms with E-state index in [-0.39, 0.29) is 12.8 Å². The highest BCUT2D eigenvalue weighted by Crippen LogP contribution is 2.43. The maximum Gasteiger partial charge on any atom is 0.472 e. The largest absolute Gasteiger partial charge is 0.480 e. The molecule has 4 N–H and O–H groups in total. The summed E-state index contributed by atoms with van der Waals surface area (Å²) >= 11 is 0. The number of phosphoric acid groups is 1. The summed E-state index contributed by atoms with van der Waals surface area (Å²) < 4.78 is 26.8. The Morgan fingerprint density at radius 1 is 0.561 bits per heavy atom. The van der Waals surface area contributed by atoms with Crippen LogP contribution in [-0.2, 0) is 32.7 Å². The molecular weight excluding hydrogens is 745 g/mol. The zero-order valence-electron chi connectivity index (χ0n) is 35.1. The number of ether oxygens (including phenoxy) is 1. The molecule has 3 atom stereocenters. The number of hydrogen-bond acceptors (Lipinski definition) is 8. The lowest BCUT2D eigenvalue weighted by atomic mass is 10.1. The first kappa shape index (κ1) is 53.9. The number of carbonyl (C=O) groups is 3. The van der Waals surface area contributed by atoms with Crippen LogP contribution >= 0.6 is 7.82 Å². The average Bonchev–Trinajstić information content (AvgIpc) is 3.18. The lowest BCUT2D eigenvalue weighted by molar-refractivity contribution is -0.147. The van der Waals surface area contributed by atoms with Crippen molar-refractivity contribution in [2.45, 2.75) is 174 Å². The second-order valence-corrected chi connectivity index (χ2v) is 15.6. The second kappa shape index (κ2) is 39.7. The van der Waals surface area contributed by atoms with Gasteiger partial charge in [-0.25, -0.2) is 9.36 Å². The molecule has 0 saturated carbocycles. The van der Waals surface area contributed by atoms with Crippen molar-refractivity contribution in [3.05, 3.63) is 72.9 Å². The minimum Gasteiger partial charge on any atom is -0.480 e. The van der Waals surface area contributed by atoms with Crippen LogP contribution in [0.4, 0.5) is 0 Å². The van der Waals surface area contributed by atoms with Gasteiger partial charge in [-0.15, -0.1) is 0 Å². The number of nitrogens with one attached hydrogen (secondary N) is 1. The molecule has 3 unspecified atom stereocenters. The molecule has 1 amide bonds. The number of unbranched alkanes of at least 4 members (excludes halogenated alkanes) is 13. The van der Waals surface area contributed by atoms with Gasteiger partial charge in [-0.05, 0) is 83.5 Å². The monoisotopic (exact) mass is 822 g/mol. The van der Waals surface area contributed by atoms with Gasteiger partial charge in [0.1, 0.15) is 12.7 Å². The molecule has 0 aliphatic heterocycles. The fraction of sp³-hybridized carbons (Fsp3) is 0.667. The van der Waals surface area contributed by atoms with E-state index in [4.69, 9.17) is 13.8 Å². The molecule has 0 fully saturated rings. The van der Waals surface area contributed by atoms with Gasteiger partial charge in [0.15, 0.2) is 6.04 Å². The van der Waals surface area contributed by atoms with Crippen LogP contribution in [0.3, 0.4) is 0 Å². The highest BCUT2D eigenvalue weighted by Gasteiger charge is 2.28. The summed E-state index contributed by atoms with van der Waals surface area (Å²) in [6, 6.07) is -1.58. The Hall–Kier alpha value is -3.08. The molecule has 0 heterocycles. The Bertz CT molecular complexity index is 1240. The van der Waals surface area contributed by atoms with Crippen molar-refractivity contribution in [3.8, 4) is 0 Å². The molecule has 12 heteroatoms. The summed E-state index contributed by atoms with van der Waals surface area (Å²) in [7, 11) is -4.78. The smallest absolute Gasteiger partial charge is 0.472 e. The van der Waals surface area contributed by atoms with Gasteiger partial charge in [0.05, 0.1) is 13.2 Å². The van der Waals surface area contributed by atoms with Gasteiger partial charge in [0, 0.05) is 12.8 Å². The normalized spacial score (nSPS) is 14.5. The number of allylic oxidation sites excluding steroid dienone is 12. The fourth-order valence-electron chi connectivity index (χ4n) is 5.34. The molecular formula is C45H76NO10P. The number of carboxylic acid groups (broad SMARTS) is 1. The quantitative estimate of drug-likeness (QED) is 0.0203. The molecule has 0 aliphatic rings. The van der Waals surface area contributed by atoms with Gasteiger partial charge in [-0.3, -0.25) is 18.6 Å². The highest BCUT2D eigenvalue weighted by molar-refractivity contribution is 7.47. The summed E-state index contributed by atoms with van der Waals surface area (Å²) in [6.45, 7) is 2.48. The number of hydrogen-bond donors (Lipinski definition) is 4. The number of aliphatic carboxylic acids is 1. The molecule has 0 bridgehead atoms. The van der Waals surface area contributed by atoms with E-state index in [1.54, 1.807) is 0 Å². The summed E-state index contributed by atoms with van der Waals surface area (Å²) in [5, 5.41) is 21.8. The van der Waals surface area contributed by atoms with Gasteiger partial charge in [0.25, 0.3) is 0 Å². The highest BCUT2D eigenvalue weighted by atomic mass is 31.2. The molecule has 0 aromatic carbocycles. The number of amides is 1. The van der Waals surface area contributed by atoms with Gasteiger partial charge in [0.2, 0.25) is 5.91 Å². The number of aliphatic hydroxyl groups excluding tert-OH is 1. The van der Waals surface area contributed by atoms with Crippen molar-refractivity contribution in [2.75, 3.05) is 19.8 Å². The zero-order chi connectivity index (χ0) is 42.1. The number of esters is 1. The Morgan fingerprint density at radius 3 is 1.51 bits per heavy atom. The molecule has 0 radical (unpaired) electrons. The van der Waals surface area contributed by atoms with Crippen molar-refractivity contribution in [3.63, 3.8) is 0 Å². The molecule has 57 heavy (non-hydrogen) atoms. The van der Waals surface area contributed by atoms with Crippen LogP contribution in [0.2, 0.25) is 0 Å². The van der Waals surface area contributed by atoms with Crippen molar-refractivity contribution in [2.24, 2.45) is 0 Å². The Morgan fingerprint density at radius 2 is 0.982 bits per heavy atom. The first-order valence-electron chi connectivity index (χ1n) is 21.5. The maximum absolute atomic E-state index is 12.3. The van der Waals surface area contributed by atoms with Crippen LogP contribution in [0, 0.1) is 0 Å².